The van der Waals surface area contributed by atoms with Crippen LogP contribution >= 0.6 is 0 Å². The van der Waals surface area contributed by atoms with Gasteiger partial charge in [-0.1, -0.05) is 37.3 Å². The van der Waals surface area contributed by atoms with Crippen molar-refractivity contribution in [2.75, 3.05) is 43.5 Å². The lowest BCUT2D eigenvalue weighted by Crippen LogP contribution is -2.44. The van der Waals surface area contributed by atoms with E-state index in [0.29, 0.717) is 13.1 Å². The van der Waals surface area contributed by atoms with Crippen LogP contribution in [0, 0.1) is 0 Å². The zero-order valence-electron chi connectivity index (χ0n) is 17.4. The number of nitrogens with one attached hydrogen (secondary N) is 2. The number of hydrogen-bond acceptors (Lipinski definition) is 4. The molecular formula is C23H30N4O2. The highest BCUT2D eigenvalue weighted by Crippen LogP contribution is 2.35. The summed E-state index contributed by atoms with van der Waals surface area (Å²) in [5.41, 5.74) is 4.74. The second kappa shape index (κ2) is 9.45. The minimum atomic E-state index is -0.583. The van der Waals surface area contributed by atoms with E-state index < -0.39 is 11.8 Å². The van der Waals surface area contributed by atoms with Crippen LogP contribution in [0.4, 0.5) is 11.4 Å². The number of para-hydroxylation sites is 1. The molecule has 154 valence electrons. The Morgan fingerprint density at radius 1 is 1.03 bits per heavy atom. The normalized spacial score (nSPS) is 13.6. The molecule has 1 atom stereocenters. The van der Waals surface area contributed by atoms with Crippen molar-refractivity contribution < 1.29 is 9.59 Å². The van der Waals surface area contributed by atoms with Gasteiger partial charge in [0.25, 0.3) is 0 Å². The van der Waals surface area contributed by atoms with Crippen molar-refractivity contribution in [1.29, 1.82) is 0 Å². The number of nitrogens with zero attached hydrogens (tertiary/aromatic N) is 2. The number of anilines is 2. The molecular weight excluding hydrogens is 364 g/mol. The Hall–Kier alpha value is -3.02. The first-order valence-electron chi connectivity index (χ1n) is 10.2. The summed E-state index contributed by atoms with van der Waals surface area (Å²) in [4.78, 5) is 28.6. The zero-order chi connectivity index (χ0) is 20.8. The van der Waals surface area contributed by atoms with Crippen LogP contribution in [0.5, 0.6) is 0 Å². The molecule has 2 amide bonds. The fraction of sp³-hybridized carbons (Fsp3) is 0.391. The number of carbonyl (C=O) groups is 2. The predicted octanol–water partition coefficient (Wildman–Crippen LogP) is 2.50. The quantitative estimate of drug-likeness (QED) is 0.709. The summed E-state index contributed by atoms with van der Waals surface area (Å²) in [5.74, 6) is -1.16. The molecule has 1 aliphatic heterocycles. The number of amides is 2. The van der Waals surface area contributed by atoms with Crippen molar-refractivity contribution in [3.8, 4) is 0 Å². The van der Waals surface area contributed by atoms with Gasteiger partial charge in [-0.25, -0.2) is 0 Å². The molecule has 1 aliphatic rings. The summed E-state index contributed by atoms with van der Waals surface area (Å²) in [6, 6.07) is 16.7. The molecule has 2 aromatic rings. The van der Waals surface area contributed by atoms with Crippen molar-refractivity contribution in [3.05, 3.63) is 59.7 Å². The molecule has 0 saturated carbocycles. The molecule has 6 nitrogen and oxygen atoms in total. The third-order valence-corrected chi connectivity index (χ3v) is 5.29. The summed E-state index contributed by atoms with van der Waals surface area (Å²) in [5, 5.41) is 5.46. The number of rotatable bonds is 7. The molecule has 0 aromatic heterocycles. The third kappa shape index (κ3) is 4.88. The highest BCUT2D eigenvalue weighted by molar-refractivity contribution is 6.35. The van der Waals surface area contributed by atoms with Crippen molar-refractivity contribution in [3.63, 3.8) is 0 Å². The second-order valence-corrected chi connectivity index (χ2v) is 7.54. The first-order chi connectivity index (χ1) is 14.0. The molecule has 0 radical (unpaired) electrons. The molecule has 0 spiro atoms. The van der Waals surface area contributed by atoms with Gasteiger partial charge in [-0.15, -0.1) is 0 Å². The molecule has 2 N–H and O–H groups in total. The Morgan fingerprint density at radius 2 is 1.72 bits per heavy atom. The van der Waals surface area contributed by atoms with Crippen molar-refractivity contribution in [2.45, 2.75) is 25.8 Å². The van der Waals surface area contributed by atoms with E-state index in [9.17, 15) is 9.59 Å². The highest BCUT2D eigenvalue weighted by atomic mass is 16.2. The molecule has 0 aliphatic carbocycles. The smallest absolute Gasteiger partial charge is 0.309 e. The summed E-state index contributed by atoms with van der Waals surface area (Å²) < 4.78 is 0. The Bertz CT molecular complexity index is 848. The van der Waals surface area contributed by atoms with E-state index in [-0.39, 0.29) is 6.04 Å². The maximum absolute atomic E-state index is 12.2. The van der Waals surface area contributed by atoms with Gasteiger partial charge in [-0.3, -0.25) is 9.59 Å². The Balaban J connectivity index is 1.81. The average Bonchev–Trinajstić information content (AvgIpc) is 3.16. The Kier molecular flexibility index (Phi) is 6.75. The lowest BCUT2D eigenvalue weighted by atomic mass is 10.0. The molecule has 1 heterocycles. The number of fused-ring (bicyclic) bond motifs is 1. The topological polar surface area (TPSA) is 64.7 Å². The van der Waals surface area contributed by atoms with Crippen LogP contribution in [0.15, 0.2) is 48.5 Å². The third-order valence-electron chi connectivity index (χ3n) is 5.29. The monoisotopic (exact) mass is 394 g/mol. The molecule has 1 unspecified atom stereocenters. The van der Waals surface area contributed by atoms with Gasteiger partial charge in [-0.05, 0) is 42.2 Å². The maximum atomic E-state index is 12.2. The van der Waals surface area contributed by atoms with Gasteiger partial charge >= 0.3 is 11.8 Å². The van der Waals surface area contributed by atoms with Crippen molar-refractivity contribution in [1.82, 2.24) is 10.6 Å². The van der Waals surface area contributed by atoms with E-state index in [1.54, 1.807) is 0 Å². The van der Waals surface area contributed by atoms with Crippen molar-refractivity contribution in [2.24, 2.45) is 0 Å². The van der Waals surface area contributed by atoms with Gasteiger partial charge in [0.2, 0.25) is 0 Å². The zero-order valence-corrected chi connectivity index (χ0v) is 17.4. The lowest BCUT2D eigenvalue weighted by molar-refractivity contribution is -0.139. The van der Waals surface area contributed by atoms with Crippen LogP contribution in [0.25, 0.3) is 0 Å². The van der Waals surface area contributed by atoms with Gasteiger partial charge in [-0.2, -0.15) is 0 Å². The van der Waals surface area contributed by atoms with Crippen LogP contribution in [0.2, 0.25) is 0 Å². The summed E-state index contributed by atoms with van der Waals surface area (Å²) >= 11 is 0. The number of carbonyl (C=O) groups excluding carboxylic acids is 2. The van der Waals surface area contributed by atoms with Crippen LogP contribution in [0.1, 0.15) is 30.5 Å². The van der Waals surface area contributed by atoms with E-state index in [0.717, 1.165) is 30.6 Å². The van der Waals surface area contributed by atoms with E-state index in [1.807, 2.05) is 27.1 Å². The van der Waals surface area contributed by atoms with Crippen molar-refractivity contribution >= 4 is 23.2 Å². The molecule has 0 saturated heterocycles. The van der Waals surface area contributed by atoms with Gasteiger partial charge in [0.1, 0.15) is 0 Å². The largest absolute Gasteiger partial charge is 0.378 e. The predicted molar refractivity (Wildman–Crippen MR) is 117 cm³/mol. The van der Waals surface area contributed by atoms with Crippen LogP contribution in [0.3, 0.4) is 0 Å². The van der Waals surface area contributed by atoms with Gasteiger partial charge in [0.15, 0.2) is 0 Å². The summed E-state index contributed by atoms with van der Waals surface area (Å²) in [6.07, 6.45) is 1.78. The van der Waals surface area contributed by atoms with E-state index >= 15 is 0 Å². The minimum Gasteiger partial charge on any atom is -0.378 e. The molecule has 2 aromatic carbocycles. The average molecular weight is 395 g/mol. The van der Waals surface area contributed by atoms with Gasteiger partial charge in [0, 0.05) is 45.1 Å². The summed E-state index contributed by atoms with van der Waals surface area (Å²) in [6.45, 7) is 3.71. The fourth-order valence-corrected chi connectivity index (χ4v) is 3.68. The van der Waals surface area contributed by atoms with E-state index in [1.165, 1.54) is 11.3 Å². The second-order valence-electron chi connectivity index (χ2n) is 7.54. The Morgan fingerprint density at radius 3 is 2.41 bits per heavy atom. The fourth-order valence-electron chi connectivity index (χ4n) is 3.68. The van der Waals surface area contributed by atoms with Gasteiger partial charge in [0.05, 0.1) is 6.04 Å². The molecule has 0 fully saturated rings. The van der Waals surface area contributed by atoms with E-state index in [2.05, 4.69) is 62.9 Å². The maximum Gasteiger partial charge on any atom is 0.309 e. The standard InChI is InChI=1S/C23H30N4O2/c1-4-14-24-22(28)23(29)25-16-21(18-9-11-19(12-10-18)26(2)3)27-15-13-17-7-5-6-8-20(17)27/h5-12,21H,4,13-16H2,1-3H3,(H,24,28)(H,25,29). The minimum absolute atomic E-state index is 0.0437. The van der Waals surface area contributed by atoms with Crippen LogP contribution in [-0.2, 0) is 16.0 Å². The molecule has 0 bridgehead atoms. The summed E-state index contributed by atoms with van der Waals surface area (Å²) in [7, 11) is 4.02. The first-order valence-corrected chi connectivity index (χ1v) is 10.2. The highest BCUT2D eigenvalue weighted by Gasteiger charge is 2.28. The molecule has 3 rings (SSSR count). The molecule has 6 heteroatoms. The van der Waals surface area contributed by atoms with Crippen LogP contribution < -0.4 is 20.4 Å². The number of hydrogen-bond donors (Lipinski definition) is 2. The lowest BCUT2D eigenvalue weighted by Gasteiger charge is -2.31. The van der Waals surface area contributed by atoms with E-state index in [4.69, 9.17) is 0 Å². The first kappa shape index (κ1) is 20.7. The SMILES string of the molecule is CCCNC(=O)C(=O)NCC(c1ccc(N(C)C)cc1)N1CCc2ccccc21. The number of benzene rings is 2. The van der Waals surface area contributed by atoms with Crippen LogP contribution in [-0.4, -0.2) is 45.5 Å². The van der Waals surface area contributed by atoms with Gasteiger partial charge < -0.3 is 20.4 Å². The molecule has 29 heavy (non-hydrogen) atoms. The Labute approximate surface area is 172 Å².